The Labute approximate surface area is 74.7 Å². The Morgan fingerprint density at radius 3 is 2.92 bits per heavy atom. The molecule has 2 aromatic heterocycles. The highest BCUT2D eigenvalue weighted by Crippen LogP contribution is 2.18. The molecule has 0 aliphatic heterocycles. The Kier molecular flexibility index (Phi) is 1.54. The third-order valence-electron chi connectivity index (χ3n) is 1.88. The van der Waals surface area contributed by atoms with Crippen molar-refractivity contribution in [1.29, 1.82) is 0 Å². The van der Waals surface area contributed by atoms with Gasteiger partial charge in [-0.05, 0) is 6.92 Å². The van der Waals surface area contributed by atoms with Gasteiger partial charge in [-0.1, -0.05) is 0 Å². The van der Waals surface area contributed by atoms with Gasteiger partial charge in [0.15, 0.2) is 5.65 Å². The van der Waals surface area contributed by atoms with Gasteiger partial charge in [0.1, 0.15) is 12.1 Å². The zero-order valence-electron chi connectivity index (χ0n) is 7.44. The van der Waals surface area contributed by atoms with E-state index in [0.717, 1.165) is 11.1 Å². The van der Waals surface area contributed by atoms with Crippen LogP contribution in [0.25, 0.3) is 11.0 Å². The first kappa shape index (κ1) is 7.78. The van der Waals surface area contributed by atoms with Crippen molar-refractivity contribution < 1.29 is 0 Å². The number of nitrogens with one attached hydrogen (secondary N) is 1. The lowest BCUT2D eigenvalue weighted by Gasteiger charge is -1.98. The lowest BCUT2D eigenvalue weighted by atomic mass is 10.3. The van der Waals surface area contributed by atoms with Gasteiger partial charge in [0.05, 0.1) is 11.1 Å². The zero-order chi connectivity index (χ0) is 9.42. The van der Waals surface area contributed by atoms with E-state index in [0.29, 0.717) is 11.5 Å². The van der Waals surface area contributed by atoms with Crippen molar-refractivity contribution >= 4 is 16.9 Å². The summed E-state index contributed by atoms with van der Waals surface area (Å²) in [5.41, 5.74) is 10.1. The number of nitrogens with two attached hydrogens (primary N) is 1. The molecule has 0 fully saturated rings. The molecule has 68 valence electrons. The highest BCUT2D eigenvalue weighted by atomic mass is 15.6. The summed E-state index contributed by atoms with van der Waals surface area (Å²) in [4.78, 5) is 9.55. The molecule has 0 saturated carbocycles. The van der Waals surface area contributed by atoms with E-state index in [9.17, 15) is 0 Å². The summed E-state index contributed by atoms with van der Waals surface area (Å²) in [6.45, 7) is 1.87. The van der Waals surface area contributed by atoms with E-state index in [-0.39, 0.29) is 0 Å². The maximum atomic E-state index is 5.69. The van der Waals surface area contributed by atoms with Gasteiger partial charge in [0, 0.05) is 7.05 Å². The number of rotatable bonds is 1. The first-order chi connectivity index (χ1) is 6.24. The van der Waals surface area contributed by atoms with E-state index < -0.39 is 0 Å². The summed E-state index contributed by atoms with van der Waals surface area (Å²) in [6.07, 6.45) is 1.42. The van der Waals surface area contributed by atoms with E-state index in [1.54, 1.807) is 11.8 Å². The van der Waals surface area contributed by atoms with Gasteiger partial charge in [0.2, 0.25) is 0 Å². The maximum Gasteiger partial charge on any atom is 0.186 e. The molecule has 3 N–H and O–H groups in total. The average Bonchev–Trinajstić information content (AvgIpc) is 2.44. The monoisotopic (exact) mass is 178 g/mol. The number of anilines is 1. The third-order valence-corrected chi connectivity index (χ3v) is 1.88. The molecule has 2 heterocycles. The predicted octanol–water partition coefficient (Wildman–Crippen LogP) is -0.110. The van der Waals surface area contributed by atoms with E-state index in [4.69, 9.17) is 5.73 Å². The normalized spacial score (nSPS) is 10.6. The molecular formula is C7H10N6. The quantitative estimate of drug-likeness (QED) is 0.636. The standard InChI is InChI=1S/C7H10N6/c1-4-5-6(8)10-3-11-7(5)13(9-2)12-4/h3,9H,1-2H3,(H2,8,10,11). The molecule has 0 aromatic carbocycles. The van der Waals surface area contributed by atoms with E-state index in [2.05, 4.69) is 20.5 Å². The number of nitrogens with zero attached hydrogens (tertiary/aromatic N) is 4. The van der Waals surface area contributed by atoms with E-state index in [1.165, 1.54) is 6.33 Å². The Morgan fingerprint density at radius 1 is 1.46 bits per heavy atom. The van der Waals surface area contributed by atoms with Crippen molar-refractivity contribution in [2.45, 2.75) is 6.92 Å². The van der Waals surface area contributed by atoms with Crippen LogP contribution in [0.15, 0.2) is 6.33 Å². The Hall–Kier alpha value is -1.85. The fourth-order valence-electron chi connectivity index (χ4n) is 1.30. The fourth-order valence-corrected chi connectivity index (χ4v) is 1.30. The lowest BCUT2D eigenvalue weighted by Crippen LogP contribution is -2.11. The van der Waals surface area contributed by atoms with Crippen molar-refractivity contribution in [3.05, 3.63) is 12.0 Å². The largest absolute Gasteiger partial charge is 0.383 e. The average molecular weight is 178 g/mol. The molecule has 0 bridgehead atoms. The summed E-state index contributed by atoms with van der Waals surface area (Å²) in [5.74, 6) is 0.462. The van der Waals surface area contributed by atoms with E-state index >= 15 is 0 Å². The minimum Gasteiger partial charge on any atom is -0.383 e. The molecule has 0 amide bonds. The molecule has 0 unspecified atom stereocenters. The van der Waals surface area contributed by atoms with Crippen molar-refractivity contribution in [2.24, 2.45) is 0 Å². The number of aryl methyl sites for hydroxylation is 1. The van der Waals surface area contributed by atoms with Gasteiger partial charge < -0.3 is 11.2 Å². The summed E-state index contributed by atoms with van der Waals surface area (Å²) in [5, 5.41) is 4.99. The van der Waals surface area contributed by atoms with Gasteiger partial charge >= 0.3 is 0 Å². The molecule has 0 atom stereocenters. The molecule has 0 aliphatic rings. The molecule has 6 heteroatoms. The van der Waals surface area contributed by atoms with Gasteiger partial charge in [-0.2, -0.15) is 9.89 Å². The van der Waals surface area contributed by atoms with Crippen molar-refractivity contribution in [3.8, 4) is 0 Å². The number of hydrogen-bond acceptors (Lipinski definition) is 5. The molecule has 6 nitrogen and oxygen atoms in total. The topological polar surface area (TPSA) is 81.7 Å². The molecule has 2 rings (SSSR count). The smallest absolute Gasteiger partial charge is 0.186 e. The lowest BCUT2D eigenvalue weighted by molar-refractivity contribution is 0.786. The van der Waals surface area contributed by atoms with Gasteiger partial charge in [-0.25, -0.2) is 9.97 Å². The van der Waals surface area contributed by atoms with Crippen molar-refractivity contribution in [1.82, 2.24) is 19.9 Å². The zero-order valence-corrected chi connectivity index (χ0v) is 7.44. The van der Waals surface area contributed by atoms with Crippen LogP contribution >= 0.6 is 0 Å². The Bertz CT molecular complexity index is 445. The first-order valence-corrected chi connectivity index (χ1v) is 3.87. The van der Waals surface area contributed by atoms with Crippen LogP contribution in [-0.2, 0) is 0 Å². The number of aromatic nitrogens is 4. The highest BCUT2D eigenvalue weighted by Gasteiger charge is 2.10. The van der Waals surface area contributed by atoms with Crippen LogP contribution in [0.4, 0.5) is 5.82 Å². The van der Waals surface area contributed by atoms with Crippen LogP contribution < -0.4 is 11.2 Å². The molecule has 0 radical (unpaired) electrons. The highest BCUT2D eigenvalue weighted by molar-refractivity contribution is 5.87. The number of nitrogen functional groups attached to an aromatic ring is 1. The second-order valence-electron chi connectivity index (χ2n) is 2.68. The Morgan fingerprint density at radius 2 is 2.23 bits per heavy atom. The molecule has 13 heavy (non-hydrogen) atoms. The second-order valence-corrected chi connectivity index (χ2v) is 2.68. The Balaban J connectivity index is 2.87. The molecule has 0 aliphatic carbocycles. The summed E-state index contributed by atoms with van der Waals surface area (Å²) in [6, 6.07) is 0. The summed E-state index contributed by atoms with van der Waals surface area (Å²) >= 11 is 0. The summed E-state index contributed by atoms with van der Waals surface area (Å²) < 4.78 is 0. The fraction of sp³-hybridized carbons (Fsp3) is 0.286. The number of fused-ring (bicyclic) bond motifs is 1. The van der Waals surface area contributed by atoms with Crippen LogP contribution in [0.2, 0.25) is 0 Å². The summed E-state index contributed by atoms with van der Waals surface area (Å²) in [7, 11) is 1.77. The van der Waals surface area contributed by atoms with Crippen LogP contribution in [0.1, 0.15) is 5.69 Å². The predicted molar refractivity (Wildman–Crippen MR) is 49.8 cm³/mol. The molecule has 0 saturated heterocycles. The van der Waals surface area contributed by atoms with Crippen LogP contribution in [0, 0.1) is 6.92 Å². The first-order valence-electron chi connectivity index (χ1n) is 3.87. The molecular weight excluding hydrogens is 168 g/mol. The minimum atomic E-state index is 0.462. The SMILES string of the molecule is CNn1nc(C)c2c(N)ncnc21. The van der Waals surface area contributed by atoms with Gasteiger partial charge in [-0.15, -0.1) is 0 Å². The maximum absolute atomic E-state index is 5.69. The molecule has 0 spiro atoms. The van der Waals surface area contributed by atoms with Crippen molar-refractivity contribution in [3.63, 3.8) is 0 Å². The second kappa shape index (κ2) is 2.58. The van der Waals surface area contributed by atoms with Crippen LogP contribution in [0.5, 0.6) is 0 Å². The minimum absolute atomic E-state index is 0.462. The van der Waals surface area contributed by atoms with Crippen LogP contribution in [0.3, 0.4) is 0 Å². The molecule has 2 aromatic rings. The van der Waals surface area contributed by atoms with Gasteiger partial charge in [0.25, 0.3) is 0 Å². The van der Waals surface area contributed by atoms with E-state index in [1.807, 2.05) is 6.92 Å². The van der Waals surface area contributed by atoms with Crippen LogP contribution in [-0.4, -0.2) is 26.9 Å². The van der Waals surface area contributed by atoms with Gasteiger partial charge in [-0.3, -0.25) is 0 Å². The number of hydrogen-bond donors (Lipinski definition) is 2. The van der Waals surface area contributed by atoms with Crippen molar-refractivity contribution in [2.75, 3.05) is 18.2 Å². The third kappa shape index (κ3) is 0.986.